The maximum absolute atomic E-state index is 13.0. The minimum atomic E-state index is -3.51. The molecule has 0 amide bonds. The molecule has 3 heterocycles. The van der Waals surface area contributed by atoms with E-state index in [9.17, 15) is 8.42 Å². The van der Waals surface area contributed by atoms with Gasteiger partial charge in [0.1, 0.15) is 16.5 Å². The van der Waals surface area contributed by atoms with E-state index >= 15 is 0 Å². The van der Waals surface area contributed by atoms with Gasteiger partial charge in [-0.2, -0.15) is 4.31 Å². The van der Waals surface area contributed by atoms with Gasteiger partial charge in [0.2, 0.25) is 10.0 Å². The second-order valence-corrected chi connectivity index (χ2v) is 8.95. The van der Waals surface area contributed by atoms with Crippen molar-refractivity contribution in [3.8, 4) is 0 Å². The Morgan fingerprint density at radius 3 is 2.71 bits per heavy atom. The molecule has 7 nitrogen and oxygen atoms in total. The summed E-state index contributed by atoms with van der Waals surface area (Å²) in [6, 6.07) is 11.3. The number of aromatic nitrogens is 3. The Morgan fingerprint density at radius 1 is 1.07 bits per heavy atom. The molecule has 8 heteroatoms. The number of anilines is 1. The Hall–Kier alpha value is -2.45. The second kappa shape index (κ2) is 8.28. The number of aryl methyl sites for hydroxylation is 1. The van der Waals surface area contributed by atoms with Crippen LogP contribution in [0, 0.1) is 0 Å². The first-order chi connectivity index (χ1) is 13.6. The fourth-order valence-electron chi connectivity index (χ4n) is 3.56. The topological polar surface area (TPSA) is 91.0 Å². The van der Waals surface area contributed by atoms with E-state index < -0.39 is 10.0 Å². The Bertz CT molecular complexity index is 1010. The molecule has 1 aliphatic heterocycles. The molecule has 28 heavy (non-hydrogen) atoms. The molecule has 0 bridgehead atoms. The maximum atomic E-state index is 13.0. The number of benzene rings is 1. The molecule has 4 rings (SSSR count). The number of hydrogen-bond donors (Lipinski definition) is 2. The van der Waals surface area contributed by atoms with Crippen molar-refractivity contribution in [1.29, 1.82) is 0 Å². The van der Waals surface area contributed by atoms with Crippen molar-refractivity contribution in [1.82, 2.24) is 19.3 Å². The number of para-hydroxylation sites is 2. The summed E-state index contributed by atoms with van der Waals surface area (Å²) in [5, 5.41) is 3.20. The summed E-state index contributed by atoms with van der Waals surface area (Å²) in [6.07, 6.45) is 6.14. The van der Waals surface area contributed by atoms with Crippen LogP contribution in [0.4, 0.5) is 5.82 Å². The van der Waals surface area contributed by atoms with E-state index in [1.54, 1.807) is 22.6 Å². The van der Waals surface area contributed by atoms with Gasteiger partial charge in [0.15, 0.2) is 0 Å². The number of fused-ring (bicyclic) bond motifs is 1. The van der Waals surface area contributed by atoms with Gasteiger partial charge in [-0.3, -0.25) is 0 Å². The lowest BCUT2D eigenvalue weighted by Gasteiger charge is -2.26. The van der Waals surface area contributed by atoms with E-state index in [2.05, 4.69) is 20.3 Å². The lowest BCUT2D eigenvalue weighted by atomic mass is 10.2. The molecular formula is C20H25N5O2S. The molecule has 0 saturated carbocycles. The van der Waals surface area contributed by atoms with Crippen LogP contribution in [0.15, 0.2) is 47.5 Å². The Labute approximate surface area is 165 Å². The van der Waals surface area contributed by atoms with Gasteiger partial charge in [0.05, 0.1) is 11.0 Å². The first-order valence-corrected chi connectivity index (χ1v) is 11.2. The third kappa shape index (κ3) is 4.02. The summed E-state index contributed by atoms with van der Waals surface area (Å²) in [7, 11) is -3.51. The van der Waals surface area contributed by atoms with E-state index in [0.717, 1.165) is 49.0 Å². The number of nitrogens with one attached hydrogen (secondary N) is 2. The van der Waals surface area contributed by atoms with Crippen LogP contribution in [0.2, 0.25) is 0 Å². The highest BCUT2D eigenvalue weighted by Crippen LogP contribution is 2.25. The van der Waals surface area contributed by atoms with Crippen molar-refractivity contribution in [3.05, 3.63) is 48.4 Å². The molecule has 1 saturated heterocycles. The van der Waals surface area contributed by atoms with Crippen molar-refractivity contribution in [3.63, 3.8) is 0 Å². The maximum Gasteiger partial charge on any atom is 0.246 e. The van der Waals surface area contributed by atoms with Crippen molar-refractivity contribution >= 4 is 26.9 Å². The lowest BCUT2D eigenvalue weighted by molar-refractivity contribution is 0.346. The standard InChI is InChI=1S/C20H25N5O2S/c26-28(27,25-14-4-1-5-15-25)18-10-6-12-21-20(18)22-13-7-11-19-23-16-8-2-3-9-17(16)24-19/h2-3,6,8-10,12H,1,4-5,7,11,13-15H2,(H,21,22)(H,23,24). The molecule has 148 valence electrons. The predicted molar refractivity (Wildman–Crippen MR) is 110 cm³/mol. The summed E-state index contributed by atoms with van der Waals surface area (Å²) >= 11 is 0. The molecule has 0 radical (unpaired) electrons. The van der Waals surface area contributed by atoms with Crippen molar-refractivity contribution in [2.45, 2.75) is 37.0 Å². The van der Waals surface area contributed by atoms with Crippen molar-refractivity contribution < 1.29 is 8.42 Å². The average Bonchev–Trinajstić information content (AvgIpc) is 3.15. The summed E-state index contributed by atoms with van der Waals surface area (Å²) in [4.78, 5) is 12.4. The minimum absolute atomic E-state index is 0.264. The molecule has 2 N–H and O–H groups in total. The van der Waals surface area contributed by atoms with Gasteiger partial charge < -0.3 is 10.3 Å². The van der Waals surface area contributed by atoms with E-state index in [0.29, 0.717) is 25.5 Å². The van der Waals surface area contributed by atoms with E-state index in [1.165, 1.54) is 0 Å². The van der Waals surface area contributed by atoms with Gasteiger partial charge in [0.25, 0.3) is 0 Å². The number of pyridine rings is 1. The lowest BCUT2D eigenvalue weighted by Crippen LogP contribution is -2.36. The quantitative estimate of drug-likeness (QED) is 0.596. The first-order valence-electron chi connectivity index (χ1n) is 9.77. The van der Waals surface area contributed by atoms with Crippen molar-refractivity contribution in [2.75, 3.05) is 25.0 Å². The minimum Gasteiger partial charge on any atom is -0.369 e. The predicted octanol–water partition coefficient (Wildman–Crippen LogP) is 3.18. The largest absolute Gasteiger partial charge is 0.369 e. The number of H-pyrrole nitrogens is 1. The highest BCUT2D eigenvalue weighted by Gasteiger charge is 2.28. The van der Waals surface area contributed by atoms with E-state index in [-0.39, 0.29) is 4.90 Å². The number of hydrogen-bond acceptors (Lipinski definition) is 5. The van der Waals surface area contributed by atoms with Crippen molar-refractivity contribution in [2.24, 2.45) is 0 Å². The van der Waals surface area contributed by atoms with E-state index in [4.69, 9.17) is 0 Å². The number of sulfonamides is 1. The third-order valence-electron chi connectivity index (χ3n) is 5.02. The Kier molecular flexibility index (Phi) is 5.59. The molecule has 2 aromatic heterocycles. The van der Waals surface area contributed by atoms with Crippen LogP contribution >= 0.6 is 0 Å². The van der Waals surface area contributed by atoms with Crippen LogP contribution in [0.3, 0.4) is 0 Å². The number of aromatic amines is 1. The van der Waals surface area contributed by atoms with Gasteiger partial charge in [0, 0.05) is 32.3 Å². The first kappa shape index (κ1) is 18.9. The van der Waals surface area contributed by atoms with E-state index in [1.807, 2.05) is 24.3 Å². The molecule has 0 spiro atoms. The molecule has 1 aliphatic rings. The zero-order valence-electron chi connectivity index (χ0n) is 15.8. The zero-order chi connectivity index (χ0) is 19.4. The van der Waals surface area contributed by atoms with Crippen LogP contribution in [0.25, 0.3) is 11.0 Å². The van der Waals surface area contributed by atoms with Gasteiger partial charge >= 0.3 is 0 Å². The van der Waals surface area contributed by atoms with Gasteiger partial charge in [-0.1, -0.05) is 18.6 Å². The molecular weight excluding hydrogens is 374 g/mol. The summed E-state index contributed by atoms with van der Waals surface area (Å²) in [5.41, 5.74) is 2.00. The average molecular weight is 400 g/mol. The zero-order valence-corrected chi connectivity index (χ0v) is 16.6. The fourth-order valence-corrected chi connectivity index (χ4v) is 5.20. The second-order valence-electron chi connectivity index (χ2n) is 7.05. The SMILES string of the molecule is O=S(=O)(c1cccnc1NCCCc1nc2ccccc2[nH]1)N1CCCCC1. The van der Waals surface area contributed by atoms with Crippen LogP contribution in [0.1, 0.15) is 31.5 Å². The third-order valence-corrected chi connectivity index (χ3v) is 6.95. The van der Waals surface area contributed by atoms with Gasteiger partial charge in [-0.25, -0.2) is 18.4 Å². The van der Waals surface area contributed by atoms with Crippen LogP contribution in [-0.2, 0) is 16.4 Å². The molecule has 0 atom stereocenters. The molecule has 1 fully saturated rings. The number of nitrogens with zero attached hydrogens (tertiary/aromatic N) is 3. The normalized spacial score (nSPS) is 15.7. The number of imidazole rings is 1. The highest BCUT2D eigenvalue weighted by molar-refractivity contribution is 7.89. The molecule has 0 aliphatic carbocycles. The fraction of sp³-hybridized carbons (Fsp3) is 0.400. The monoisotopic (exact) mass is 399 g/mol. The molecule has 1 aromatic carbocycles. The number of piperidine rings is 1. The molecule has 0 unspecified atom stereocenters. The summed E-state index contributed by atoms with van der Waals surface area (Å²) < 4.78 is 27.6. The van der Waals surface area contributed by atoms with Crippen LogP contribution in [0.5, 0.6) is 0 Å². The number of rotatable bonds is 7. The van der Waals surface area contributed by atoms with Crippen LogP contribution < -0.4 is 5.32 Å². The Balaban J connectivity index is 1.40. The van der Waals surface area contributed by atoms with Crippen LogP contribution in [-0.4, -0.2) is 47.3 Å². The Morgan fingerprint density at radius 2 is 1.89 bits per heavy atom. The molecule has 3 aromatic rings. The smallest absolute Gasteiger partial charge is 0.246 e. The highest BCUT2D eigenvalue weighted by atomic mass is 32.2. The summed E-state index contributed by atoms with van der Waals surface area (Å²) in [6.45, 7) is 1.79. The summed E-state index contributed by atoms with van der Waals surface area (Å²) in [5.74, 6) is 1.36. The van der Waals surface area contributed by atoms with Gasteiger partial charge in [-0.05, 0) is 43.5 Å². The van der Waals surface area contributed by atoms with Gasteiger partial charge in [-0.15, -0.1) is 0 Å².